The van der Waals surface area contributed by atoms with Crippen molar-refractivity contribution >= 4 is 11.6 Å². The first kappa shape index (κ1) is 14.7. The normalized spacial score (nSPS) is 17.4. The van der Waals surface area contributed by atoms with Crippen molar-refractivity contribution in [3.8, 4) is 5.75 Å². The van der Waals surface area contributed by atoms with Gasteiger partial charge in [0, 0.05) is 31.9 Å². The van der Waals surface area contributed by atoms with Gasteiger partial charge in [-0.05, 0) is 30.2 Å². The molecule has 1 amide bonds. The van der Waals surface area contributed by atoms with Crippen LogP contribution in [-0.2, 0) is 4.79 Å². The molecule has 0 bridgehead atoms. The molecule has 0 aromatic heterocycles. The van der Waals surface area contributed by atoms with Gasteiger partial charge < -0.3 is 20.6 Å². The minimum absolute atomic E-state index is 0.0466. The van der Waals surface area contributed by atoms with Crippen molar-refractivity contribution in [3.05, 3.63) is 24.3 Å². The third-order valence-electron chi connectivity index (χ3n) is 3.81. The van der Waals surface area contributed by atoms with Gasteiger partial charge in [-0.25, -0.2) is 0 Å². The van der Waals surface area contributed by atoms with E-state index >= 15 is 0 Å². The maximum Gasteiger partial charge on any atom is 0.239 e. The van der Waals surface area contributed by atoms with Gasteiger partial charge in [0.2, 0.25) is 5.91 Å². The van der Waals surface area contributed by atoms with Crippen LogP contribution in [0.2, 0.25) is 0 Å². The Balaban J connectivity index is 1.92. The Bertz CT molecular complexity index is 451. The molecule has 1 aromatic rings. The second-order valence-electron chi connectivity index (χ2n) is 5.60. The first-order valence-corrected chi connectivity index (χ1v) is 7.07. The lowest BCUT2D eigenvalue weighted by molar-refractivity contribution is -0.133. The average molecular weight is 277 g/mol. The van der Waals surface area contributed by atoms with Crippen LogP contribution >= 0.6 is 0 Å². The van der Waals surface area contributed by atoms with E-state index in [1.54, 1.807) is 12.1 Å². The summed E-state index contributed by atoms with van der Waals surface area (Å²) < 4.78 is 0. The summed E-state index contributed by atoms with van der Waals surface area (Å²) in [6.07, 6.45) is 0. The third kappa shape index (κ3) is 3.22. The Labute approximate surface area is 120 Å². The van der Waals surface area contributed by atoms with Gasteiger partial charge in [-0.15, -0.1) is 0 Å². The third-order valence-corrected chi connectivity index (χ3v) is 3.81. The van der Waals surface area contributed by atoms with Crippen LogP contribution < -0.4 is 10.6 Å². The van der Waals surface area contributed by atoms with Crippen molar-refractivity contribution < 1.29 is 9.90 Å². The molecule has 0 unspecified atom stereocenters. The molecular formula is C15H23N3O2. The van der Waals surface area contributed by atoms with E-state index in [0.29, 0.717) is 13.1 Å². The van der Waals surface area contributed by atoms with Gasteiger partial charge in [-0.3, -0.25) is 4.79 Å². The highest BCUT2D eigenvalue weighted by Crippen LogP contribution is 2.20. The summed E-state index contributed by atoms with van der Waals surface area (Å²) in [7, 11) is 0. The lowest BCUT2D eigenvalue weighted by Crippen LogP contribution is -2.54. The van der Waals surface area contributed by atoms with Gasteiger partial charge in [-0.1, -0.05) is 13.8 Å². The second-order valence-corrected chi connectivity index (χ2v) is 5.60. The van der Waals surface area contributed by atoms with Gasteiger partial charge in [0.25, 0.3) is 0 Å². The molecule has 110 valence electrons. The highest BCUT2D eigenvalue weighted by molar-refractivity contribution is 5.82. The molecule has 0 aliphatic carbocycles. The maximum absolute atomic E-state index is 12.2. The molecule has 0 spiro atoms. The van der Waals surface area contributed by atoms with Gasteiger partial charge in [-0.2, -0.15) is 0 Å². The highest BCUT2D eigenvalue weighted by atomic mass is 16.3. The molecule has 1 aliphatic rings. The van der Waals surface area contributed by atoms with E-state index < -0.39 is 6.04 Å². The minimum Gasteiger partial charge on any atom is -0.508 e. The summed E-state index contributed by atoms with van der Waals surface area (Å²) in [5, 5.41) is 9.30. The predicted octanol–water partition coefficient (Wildman–Crippen LogP) is 1.02. The number of nitrogens with zero attached hydrogens (tertiary/aromatic N) is 2. The van der Waals surface area contributed by atoms with E-state index in [2.05, 4.69) is 4.90 Å². The smallest absolute Gasteiger partial charge is 0.239 e. The zero-order chi connectivity index (χ0) is 14.7. The number of amides is 1. The van der Waals surface area contributed by atoms with Gasteiger partial charge in [0.1, 0.15) is 5.75 Å². The number of hydrogen-bond acceptors (Lipinski definition) is 4. The molecule has 1 atom stereocenters. The number of phenolic OH excluding ortho intramolecular Hbond substituents is 1. The average Bonchev–Trinajstić information content (AvgIpc) is 2.46. The SMILES string of the molecule is CC(C)[C@@H](N)C(=O)N1CCN(c2ccc(O)cc2)CC1. The van der Waals surface area contributed by atoms with Crippen molar-refractivity contribution in [2.75, 3.05) is 31.1 Å². The van der Waals surface area contributed by atoms with Crippen molar-refractivity contribution in [1.29, 1.82) is 0 Å². The molecule has 1 fully saturated rings. The van der Waals surface area contributed by atoms with E-state index in [4.69, 9.17) is 5.73 Å². The van der Waals surface area contributed by atoms with Gasteiger partial charge >= 0.3 is 0 Å². The predicted molar refractivity (Wildman–Crippen MR) is 79.7 cm³/mol. The highest BCUT2D eigenvalue weighted by Gasteiger charge is 2.26. The Hall–Kier alpha value is -1.75. The van der Waals surface area contributed by atoms with Crippen LogP contribution in [0, 0.1) is 5.92 Å². The monoisotopic (exact) mass is 277 g/mol. The molecule has 1 aliphatic heterocycles. The summed E-state index contributed by atoms with van der Waals surface area (Å²) in [6.45, 7) is 6.91. The van der Waals surface area contributed by atoms with Crippen molar-refractivity contribution in [2.24, 2.45) is 11.7 Å². The zero-order valence-corrected chi connectivity index (χ0v) is 12.1. The van der Waals surface area contributed by atoms with Gasteiger partial charge in [0.05, 0.1) is 6.04 Å². The molecule has 5 nitrogen and oxygen atoms in total. The van der Waals surface area contributed by atoms with Crippen LogP contribution in [0.3, 0.4) is 0 Å². The number of anilines is 1. The maximum atomic E-state index is 12.2. The molecule has 1 heterocycles. The van der Waals surface area contributed by atoms with E-state index in [-0.39, 0.29) is 17.6 Å². The Morgan fingerprint density at radius 3 is 2.20 bits per heavy atom. The van der Waals surface area contributed by atoms with Crippen LogP contribution in [-0.4, -0.2) is 48.1 Å². The number of nitrogens with two attached hydrogens (primary N) is 1. The van der Waals surface area contributed by atoms with Gasteiger partial charge in [0.15, 0.2) is 0 Å². The van der Waals surface area contributed by atoms with E-state index in [1.165, 1.54) is 0 Å². The van der Waals surface area contributed by atoms with Crippen LogP contribution in [0.5, 0.6) is 5.75 Å². The largest absolute Gasteiger partial charge is 0.508 e. The molecule has 3 N–H and O–H groups in total. The van der Waals surface area contributed by atoms with Crippen LogP contribution in [0.15, 0.2) is 24.3 Å². The van der Waals surface area contributed by atoms with Crippen LogP contribution in [0.25, 0.3) is 0 Å². The summed E-state index contributed by atoms with van der Waals surface area (Å²) >= 11 is 0. The quantitative estimate of drug-likeness (QED) is 0.865. The van der Waals surface area contributed by atoms with Crippen molar-refractivity contribution in [2.45, 2.75) is 19.9 Å². The number of piperazine rings is 1. The fourth-order valence-corrected chi connectivity index (χ4v) is 2.34. The lowest BCUT2D eigenvalue weighted by atomic mass is 10.0. The number of rotatable bonds is 3. The zero-order valence-electron chi connectivity index (χ0n) is 12.1. The minimum atomic E-state index is -0.407. The molecule has 0 radical (unpaired) electrons. The Morgan fingerprint density at radius 1 is 1.15 bits per heavy atom. The first-order chi connectivity index (χ1) is 9.49. The fourth-order valence-electron chi connectivity index (χ4n) is 2.34. The topological polar surface area (TPSA) is 69.8 Å². The summed E-state index contributed by atoms with van der Waals surface area (Å²) in [5.41, 5.74) is 6.99. The molecule has 2 rings (SSSR count). The lowest BCUT2D eigenvalue weighted by Gasteiger charge is -2.37. The summed E-state index contributed by atoms with van der Waals surface area (Å²) in [6, 6.07) is 6.75. The Morgan fingerprint density at radius 2 is 1.70 bits per heavy atom. The van der Waals surface area contributed by atoms with E-state index in [9.17, 15) is 9.90 Å². The van der Waals surface area contributed by atoms with E-state index in [1.807, 2.05) is 30.9 Å². The molecule has 1 saturated heterocycles. The first-order valence-electron chi connectivity index (χ1n) is 7.07. The molecule has 0 saturated carbocycles. The molecule has 20 heavy (non-hydrogen) atoms. The number of carbonyl (C=O) groups excluding carboxylic acids is 1. The van der Waals surface area contributed by atoms with E-state index in [0.717, 1.165) is 18.8 Å². The fraction of sp³-hybridized carbons (Fsp3) is 0.533. The Kier molecular flexibility index (Phi) is 4.49. The number of carbonyl (C=O) groups is 1. The molecule has 5 heteroatoms. The van der Waals surface area contributed by atoms with Crippen molar-refractivity contribution in [3.63, 3.8) is 0 Å². The van der Waals surface area contributed by atoms with Crippen molar-refractivity contribution in [1.82, 2.24) is 4.90 Å². The summed E-state index contributed by atoms with van der Waals surface area (Å²) in [4.78, 5) is 16.2. The molecule has 1 aromatic carbocycles. The van der Waals surface area contributed by atoms with Crippen LogP contribution in [0.4, 0.5) is 5.69 Å². The number of aromatic hydroxyl groups is 1. The summed E-state index contributed by atoms with van der Waals surface area (Å²) in [5.74, 6) is 0.480. The second kappa shape index (κ2) is 6.13. The standard InChI is InChI=1S/C15H23N3O2/c1-11(2)14(16)15(20)18-9-7-17(8-10-18)12-3-5-13(19)6-4-12/h3-6,11,14,19H,7-10,16H2,1-2H3/t14-/m1/s1. The number of benzene rings is 1. The molecular weight excluding hydrogens is 254 g/mol. The number of phenols is 1. The van der Waals surface area contributed by atoms with Crippen LogP contribution in [0.1, 0.15) is 13.8 Å². The number of hydrogen-bond donors (Lipinski definition) is 2.